The molecule has 0 aliphatic heterocycles. The van der Waals surface area contributed by atoms with Crippen molar-refractivity contribution in [2.75, 3.05) is 58.8 Å². The van der Waals surface area contributed by atoms with Crippen molar-refractivity contribution in [2.45, 2.75) is 92.6 Å². The predicted octanol–water partition coefficient (Wildman–Crippen LogP) is 18.6. The van der Waals surface area contributed by atoms with E-state index in [1.165, 1.54) is 62.5 Å². The second-order valence-corrected chi connectivity index (χ2v) is 25.3. The number of thioether (sulfide) groups is 2. The zero-order valence-electron chi connectivity index (χ0n) is 51.9. The minimum Gasteiger partial charge on any atom is -0.426 e. The predicted molar refractivity (Wildman–Crippen MR) is 355 cm³/mol. The summed E-state index contributed by atoms with van der Waals surface area (Å²) in [4.78, 5) is 46.0. The number of nitrogens with zero attached hydrogens (tertiary/aromatic N) is 3. The maximum atomic E-state index is 14.7. The lowest BCUT2D eigenvalue weighted by atomic mass is 9.84. The van der Waals surface area contributed by atoms with E-state index in [9.17, 15) is 36.3 Å². The van der Waals surface area contributed by atoms with E-state index < -0.39 is 62.7 Å². The number of rotatable bonds is 34. The van der Waals surface area contributed by atoms with Gasteiger partial charge in [0, 0.05) is 33.1 Å². The summed E-state index contributed by atoms with van der Waals surface area (Å²) in [5.41, 5.74) is 7.55. The van der Waals surface area contributed by atoms with E-state index >= 15 is 0 Å². The van der Waals surface area contributed by atoms with Gasteiger partial charge in [0.15, 0.2) is 0 Å². The van der Waals surface area contributed by atoms with Crippen LogP contribution in [0.2, 0.25) is 0 Å². The smallest absolute Gasteiger partial charge is 0.426 e. The highest BCUT2D eigenvalue weighted by atomic mass is 32.2. The largest absolute Gasteiger partial charge is 0.514 e. The molecule has 0 bridgehead atoms. The Morgan fingerprint density at radius 1 is 0.418 bits per heavy atom. The topological polar surface area (TPSA) is 88.6 Å². The van der Waals surface area contributed by atoms with Crippen LogP contribution in [-0.4, -0.2) is 91.7 Å². The van der Waals surface area contributed by atoms with Crippen molar-refractivity contribution in [3.05, 3.63) is 274 Å². The Labute approximate surface area is 541 Å². The number of halogens is 5. The van der Waals surface area contributed by atoms with Gasteiger partial charge in [-0.05, 0) is 128 Å². The molecule has 8 aromatic carbocycles. The lowest BCUT2D eigenvalue weighted by Gasteiger charge is -2.35. The average Bonchev–Trinajstić information content (AvgIpc) is 0.936. The maximum absolute atomic E-state index is 14.7. The van der Waals surface area contributed by atoms with E-state index in [2.05, 4.69) is 150 Å². The van der Waals surface area contributed by atoms with E-state index in [0.717, 1.165) is 69.4 Å². The van der Waals surface area contributed by atoms with Gasteiger partial charge < -0.3 is 28.9 Å². The molecule has 478 valence electrons. The number of amides is 2. The Kier molecular flexibility index (Phi) is 26.6. The first-order valence-corrected chi connectivity index (χ1v) is 33.2. The van der Waals surface area contributed by atoms with Gasteiger partial charge in [0.2, 0.25) is 40.7 Å². The number of ether oxygens (including phenoxy) is 3. The fourth-order valence-electron chi connectivity index (χ4n) is 11.3. The molecule has 0 spiro atoms. The third kappa shape index (κ3) is 18.6. The highest BCUT2D eigenvalue weighted by Gasteiger charge is 2.38. The third-order valence-electron chi connectivity index (χ3n) is 16.0. The molecule has 0 aliphatic rings. The van der Waals surface area contributed by atoms with Gasteiger partial charge in [0.25, 0.3) is 0 Å². The monoisotopic (exact) mass is 1280 g/mol. The summed E-state index contributed by atoms with van der Waals surface area (Å²) in [6.07, 6.45) is 4.44. The minimum absolute atomic E-state index is 0.0122. The van der Waals surface area contributed by atoms with Crippen molar-refractivity contribution in [3.63, 3.8) is 0 Å². The normalized spacial score (nSPS) is 11.9. The number of carbonyl (C=O) groups excluding carboxylic acids is 3. The molecule has 0 fully saturated rings. The molecule has 91 heavy (non-hydrogen) atoms. The summed E-state index contributed by atoms with van der Waals surface area (Å²) < 4.78 is 86.7. The fraction of sp³-hybridized carbons (Fsp3) is 0.320. The van der Waals surface area contributed by atoms with E-state index in [0.29, 0.717) is 31.6 Å². The highest BCUT2D eigenvalue weighted by Crippen LogP contribution is 2.50. The molecule has 16 heteroatoms. The van der Waals surface area contributed by atoms with E-state index in [-0.39, 0.29) is 30.9 Å². The van der Waals surface area contributed by atoms with Gasteiger partial charge in [-0.25, -0.2) is 22.8 Å². The number of carbonyl (C=O) groups is 3. The van der Waals surface area contributed by atoms with E-state index in [1.54, 1.807) is 7.05 Å². The SMILES string of the molecule is CN(C)CCCN(C)C(=O)Oc1ccc(C(CCCC(=O)N(CCCCCCSC(c2ccccc2)(c2ccccc2)c2ccccc2)CCCCCCSC(c2ccccc2)(c2ccccc2)c2ccccc2)OC(=O)Oc2c(F)c(F)c(F)c(F)c2F)cc1. The number of benzene rings is 8. The van der Waals surface area contributed by atoms with Crippen LogP contribution in [0.15, 0.2) is 206 Å². The summed E-state index contributed by atoms with van der Waals surface area (Å²) >= 11 is 3.86. The molecular formula is C75H80F5N3O6S2. The molecule has 0 N–H and O–H groups in total. The van der Waals surface area contributed by atoms with Crippen molar-refractivity contribution in [3.8, 4) is 11.5 Å². The van der Waals surface area contributed by atoms with E-state index in [4.69, 9.17) is 9.47 Å². The molecule has 0 saturated heterocycles. The summed E-state index contributed by atoms with van der Waals surface area (Å²) in [7, 11) is 5.47. The summed E-state index contributed by atoms with van der Waals surface area (Å²) in [6.45, 7) is 2.25. The Morgan fingerprint density at radius 2 is 0.791 bits per heavy atom. The lowest BCUT2D eigenvalue weighted by Crippen LogP contribution is -2.33. The highest BCUT2D eigenvalue weighted by molar-refractivity contribution is 8.00. The molecule has 8 aromatic rings. The van der Waals surface area contributed by atoms with Gasteiger partial charge in [0.05, 0.1) is 9.49 Å². The average molecular weight is 1280 g/mol. The summed E-state index contributed by atoms with van der Waals surface area (Å²) in [5.74, 6) is -11.7. The Balaban J connectivity index is 0.940. The molecule has 8 rings (SSSR count). The van der Waals surface area contributed by atoms with Gasteiger partial charge in [0.1, 0.15) is 11.9 Å². The van der Waals surface area contributed by atoms with Crippen LogP contribution in [0.3, 0.4) is 0 Å². The van der Waals surface area contributed by atoms with Gasteiger partial charge in [-0.3, -0.25) is 4.79 Å². The Bertz CT molecular complexity index is 3150. The number of hydrogen-bond donors (Lipinski definition) is 0. The quantitative estimate of drug-likeness (QED) is 0.00744. The molecule has 1 unspecified atom stereocenters. The first-order valence-electron chi connectivity index (χ1n) is 31.2. The van der Waals surface area contributed by atoms with Crippen LogP contribution in [0.4, 0.5) is 31.5 Å². The van der Waals surface area contributed by atoms with Crippen LogP contribution in [0, 0.1) is 29.1 Å². The van der Waals surface area contributed by atoms with Crippen LogP contribution in [-0.2, 0) is 19.0 Å². The molecule has 0 aromatic heterocycles. The van der Waals surface area contributed by atoms with Crippen LogP contribution >= 0.6 is 23.5 Å². The van der Waals surface area contributed by atoms with Crippen LogP contribution in [0.1, 0.15) is 122 Å². The first kappa shape index (κ1) is 69.0. The summed E-state index contributed by atoms with van der Waals surface area (Å²) in [5, 5.41) is 0. The Hall–Kier alpha value is -7.92. The molecule has 0 heterocycles. The zero-order chi connectivity index (χ0) is 64.4. The molecular weight excluding hydrogens is 1200 g/mol. The van der Waals surface area contributed by atoms with Crippen molar-refractivity contribution < 1.29 is 50.5 Å². The second kappa shape index (κ2) is 35.0. The minimum atomic E-state index is -2.42. The van der Waals surface area contributed by atoms with Crippen LogP contribution in [0.5, 0.6) is 11.5 Å². The molecule has 1 atom stereocenters. The summed E-state index contributed by atoms with van der Waals surface area (Å²) in [6, 6.07) is 69.7. The third-order valence-corrected chi connectivity index (χ3v) is 19.3. The van der Waals surface area contributed by atoms with Crippen molar-refractivity contribution in [2.24, 2.45) is 0 Å². The molecule has 0 radical (unpaired) electrons. The number of hydrogen-bond acceptors (Lipinski definition) is 9. The van der Waals surface area contributed by atoms with Crippen molar-refractivity contribution in [1.82, 2.24) is 14.7 Å². The number of unbranched alkanes of at least 4 members (excludes halogenated alkanes) is 6. The second-order valence-electron chi connectivity index (χ2n) is 22.7. The van der Waals surface area contributed by atoms with Gasteiger partial charge in [-0.2, -0.15) is 8.78 Å². The Morgan fingerprint density at radius 3 is 1.18 bits per heavy atom. The van der Waals surface area contributed by atoms with Crippen molar-refractivity contribution >= 4 is 41.7 Å². The molecule has 9 nitrogen and oxygen atoms in total. The fourth-order valence-corrected chi connectivity index (χ4v) is 14.4. The molecule has 2 amide bonds. The van der Waals surface area contributed by atoms with Gasteiger partial charge >= 0.3 is 12.2 Å². The van der Waals surface area contributed by atoms with Gasteiger partial charge in [-0.15, -0.1) is 23.5 Å². The maximum Gasteiger partial charge on any atom is 0.514 e. The lowest BCUT2D eigenvalue weighted by molar-refractivity contribution is -0.131. The first-order chi connectivity index (χ1) is 44.2. The standard InChI is InChI=1S/C75H80F5N3O6S2/c1-81(2)50-31-51-82(3)72(85)87-63-48-46-56(47-49-63)64(88-73(86)89-71-69(79)67(77)66(76)68(78)70(71)80)44-30-45-65(84)83(52-26-4-6-28-54-90-74(57-32-14-8-15-33-57,58-34-16-9-17-35-58)59-36-18-10-19-37-59)53-27-5-7-29-55-91-75(60-38-20-11-21-39-60,61-40-22-12-23-41-61)62-42-24-13-25-43-62/h8-25,32-43,46-49,64H,4-7,26-31,44-45,50-55H2,1-3H3. The van der Waals surface area contributed by atoms with E-state index in [1.807, 2.05) is 83.8 Å². The molecule has 0 aliphatic carbocycles. The van der Waals surface area contributed by atoms with Crippen LogP contribution in [0.25, 0.3) is 0 Å². The molecule has 0 saturated carbocycles. The van der Waals surface area contributed by atoms with Gasteiger partial charge in [-0.1, -0.05) is 220 Å². The van der Waals surface area contributed by atoms with Crippen molar-refractivity contribution in [1.29, 1.82) is 0 Å². The zero-order valence-corrected chi connectivity index (χ0v) is 53.6. The van der Waals surface area contributed by atoms with Crippen LogP contribution < -0.4 is 9.47 Å².